The lowest BCUT2D eigenvalue weighted by Gasteiger charge is -2.28. The molecule has 3 aromatic rings. The predicted octanol–water partition coefficient (Wildman–Crippen LogP) is 3.32. The molecule has 22 heavy (non-hydrogen) atoms. The Morgan fingerprint density at radius 3 is 2.68 bits per heavy atom. The summed E-state index contributed by atoms with van der Waals surface area (Å²) in [5, 5.41) is 12.6. The molecule has 0 unspecified atom stereocenters. The average molecular weight is 293 g/mol. The van der Waals surface area contributed by atoms with Gasteiger partial charge in [-0.1, -0.05) is 12.1 Å². The first-order chi connectivity index (χ1) is 10.7. The third-order valence-electron chi connectivity index (χ3n) is 4.57. The Hall–Kier alpha value is -2.36. The van der Waals surface area contributed by atoms with Crippen molar-refractivity contribution >= 4 is 27.8 Å². The smallest absolute Gasteiger partial charge is 0.243 e. The van der Waals surface area contributed by atoms with Crippen molar-refractivity contribution in [1.82, 2.24) is 4.98 Å². The molecule has 2 aromatic carbocycles. The fraction of sp³-hybridized carbons (Fsp3) is 0.333. The third-order valence-corrected chi connectivity index (χ3v) is 4.57. The SMILES string of the molecule is Cc1cccc2c1nc1cc(N3CCCCC3)ccc1[n+]2[O-]. The van der Waals surface area contributed by atoms with Crippen molar-refractivity contribution in [3.05, 3.63) is 47.2 Å². The molecular formula is C18H19N3O. The van der Waals surface area contributed by atoms with Crippen LogP contribution in [0.2, 0.25) is 0 Å². The van der Waals surface area contributed by atoms with Crippen LogP contribution in [0.25, 0.3) is 22.1 Å². The van der Waals surface area contributed by atoms with Crippen LogP contribution in [0.3, 0.4) is 0 Å². The second kappa shape index (κ2) is 5.13. The molecule has 4 heteroatoms. The van der Waals surface area contributed by atoms with Crippen molar-refractivity contribution in [1.29, 1.82) is 0 Å². The molecule has 0 radical (unpaired) electrons. The Balaban J connectivity index is 1.92. The zero-order valence-corrected chi connectivity index (χ0v) is 12.7. The predicted molar refractivity (Wildman–Crippen MR) is 89.0 cm³/mol. The minimum atomic E-state index is 0.637. The first-order valence-electron chi connectivity index (χ1n) is 7.92. The van der Waals surface area contributed by atoms with Crippen molar-refractivity contribution < 1.29 is 4.73 Å². The number of aromatic nitrogens is 2. The first kappa shape index (κ1) is 13.3. The normalized spacial score (nSPS) is 15.6. The molecule has 0 saturated carbocycles. The van der Waals surface area contributed by atoms with E-state index in [0.717, 1.165) is 34.4 Å². The number of hydrogen-bond donors (Lipinski definition) is 0. The second-order valence-electron chi connectivity index (χ2n) is 6.07. The van der Waals surface area contributed by atoms with E-state index in [1.165, 1.54) is 24.9 Å². The monoisotopic (exact) mass is 293 g/mol. The number of anilines is 1. The molecule has 0 aliphatic carbocycles. The maximum atomic E-state index is 12.6. The molecular weight excluding hydrogens is 274 g/mol. The molecule has 1 aliphatic rings. The average Bonchev–Trinajstić information content (AvgIpc) is 2.56. The van der Waals surface area contributed by atoms with Crippen molar-refractivity contribution in [2.24, 2.45) is 0 Å². The topological polar surface area (TPSA) is 43.1 Å². The fourth-order valence-corrected chi connectivity index (χ4v) is 3.32. The summed E-state index contributed by atoms with van der Waals surface area (Å²) in [6.45, 7) is 4.18. The highest BCUT2D eigenvalue weighted by Crippen LogP contribution is 2.24. The fourth-order valence-electron chi connectivity index (χ4n) is 3.32. The molecule has 112 valence electrons. The standard InChI is InChI=1S/C18H19N3O/c1-13-6-5-7-17-18(13)19-15-12-14(8-9-16(15)21(17)22)20-10-3-2-4-11-20/h5-9,12H,2-4,10-11H2,1H3. The molecule has 2 heterocycles. The first-order valence-corrected chi connectivity index (χ1v) is 7.92. The molecule has 1 aromatic heterocycles. The number of aryl methyl sites for hydroxylation is 1. The van der Waals surface area contributed by atoms with Crippen LogP contribution in [0.5, 0.6) is 0 Å². The number of piperidine rings is 1. The zero-order chi connectivity index (χ0) is 15.1. The van der Waals surface area contributed by atoms with Crippen LogP contribution in [-0.4, -0.2) is 18.1 Å². The van der Waals surface area contributed by atoms with E-state index in [-0.39, 0.29) is 0 Å². The van der Waals surface area contributed by atoms with Gasteiger partial charge in [0.2, 0.25) is 11.0 Å². The maximum Gasteiger partial charge on any atom is 0.243 e. The summed E-state index contributed by atoms with van der Waals surface area (Å²) in [5.74, 6) is 0. The minimum Gasteiger partial charge on any atom is -0.618 e. The summed E-state index contributed by atoms with van der Waals surface area (Å²) in [4.78, 5) is 7.14. The van der Waals surface area contributed by atoms with Gasteiger partial charge in [0, 0.05) is 30.9 Å². The van der Waals surface area contributed by atoms with Crippen LogP contribution in [0.15, 0.2) is 36.4 Å². The number of rotatable bonds is 1. The summed E-state index contributed by atoms with van der Waals surface area (Å²) in [5.41, 5.74) is 5.05. The Bertz CT molecular complexity index is 854. The van der Waals surface area contributed by atoms with Gasteiger partial charge in [0.1, 0.15) is 11.0 Å². The van der Waals surface area contributed by atoms with E-state index in [1.54, 1.807) is 0 Å². The molecule has 0 amide bonds. The van der Waals surface area contributed by atoms with Gasteiger partial charge in [-0.2, -0.15) is 4.73 Å². The minimum absolute atomic E-state index is 0.637. The van der Waals surface area contributed by atoms with Crippen molar-refractivity contribution in [3.63, 3.8) is 0 Å². The largest absolute Gasteiger partial charge is 0.618 e. The maximum absolute atomic E-state index is 12.6. The zero-order valence-electron chi connectivity index (χ0n) is 12.7. The van der Waals surface area contributed by atoms with Gasteiger partial charge in [-0.3, -0.25) is 0 Å². The molecule has 0 N–H and O–H groups in total. The van der Waals surface area contributed by atoms with Crippen LogP contribution in [-0.2, 0) is 0 Å². The lowest BCUT2D eigenvalue weighted by Crippen LogP contribution is -2.31. The summed E-state index contributed by atoms with van der Waals surface area (Å²) in [7, 11) is 0. The summed E-state index contributed by atoms with van der Waals surface area (Å²) < 4.78 is 1.00. The third kappa shape index (κ3) is 2.06. The molecule has 1 fully saturated rings. The number of fused-ring (bicyclic) bond motifs is 2. The van der Waals surface area contributed by atoms with E-state index in [0.29, 0.717) is 11.0 Å². The van der Waals surface area contributed by atoms with Gasteiger partial charge in [-0.15, -0.1) is 0 Å². The van der Waals surface area contributed by atoms with Gasteiger partial charge in [0.15, 0.2) is 0 Å². The van der Waals surface area contributed by atoms with E-state index in [4.69, 9.17) is 4.98 Å². The van der Waals surface area contributed by atoms with Gasteiger partial charge in [-0.25, -0.2) is 4.98 Å². The summed E-state index contributed by atoms with van der Waals surface area (Å²) in [6, 6.07) is 11.7. The highest BCUT2D eigenvalue weighted by molar-refractivity contribution is 5.85. The lowest BCUT2D eigenvalue weighted by atomic mass is 10.1. The number of hydrogen-bond acceptors (Lipinski definition) is 3. The Morgan fingerprint density at radius 1 is 1.05 bits per heavy atom. The molecule has 0 bridgehead atoms. The highest BCUT2D eigenvalue weighted by atomic mass is 16.5. The van der Waals surface area contributed by atoms with E-state index in [2.05, 4.69) is 11.0 Å². The Morgan fingerprint density at radius 2 is 1.86 bits per heavy atom. The van der Waals surface area contributed by atoms with E-state index in [1.807, 2.05) is 37.3 Å². The van der Waals surface area contributed by atoms with Crippen LogP contribution < -0.4 is 9.63 Å². The van der Waals surface area contributed by atoms with Crippen molar-refractivity contribution in [2.75, 3.05) is 18.0 Å². The van der Waals surface area contributed by atoms with Gasteiger partial charge < -0.3 is 10.1 Å². The Kier molecular flexibility index (Phi) is 3.10. The molecule has 1 saturated heterocycles. The Labute approximate surface area is 129 Å². The molecule has 1 aliphatic heterocycles. The van der Waals surface area contributed by atoms with Gasteiger partial charge in [0.25, 0.3) is 0 Å². The van der Waals surface area contributed by atoms with E-state index in [9.17, 15) is 5.21 Å². The van der Waals surface area contributed by atoms with Crippen LogP contribution >= 0.6 is 0 Å². The number of nitrogens with zero attached hydrogens (tertiary/aromatic N) is 3. The van der Waals surface area contributed by atoms with Crippen molar-refractivity contribution in [2.45, 2.75) is 26.2 Å². The van der Waals surface area contributed by atoms with Crippen molar-refractivity contribution in [3.8, 4) is 0 Å². The molecule has 0 atom stereocenters. The number of benzene rings is 2. The van der Waals surface area contributed by atoms with Gasteiger partial charge in [-0.05, 0) is 43.9 Å². The summed E-state index contributed by atoms with van der Waals surface area (Å²) >= 11 is 0. The van der Waals surface area contributed by atoms with E-state index < -0.39 is 0 Å². The molecule has 4 rings (SSSR count). The second-order valence-corrected chi connectivity index (χ2v) is 6.07. The van der Waals surface area contributed by atoms with E-state index >= 15 is 0 Å². The van der Waals surface area contributed by atoms with Gasteiger partial charge in [0.05, 0.1) is 0 Å². The van der Waals surface area contributed by atoms with Crippen LogP contribution in [0, 0.1) is 12.1 Å². The van der Waals surface area contributed by atoms with Crippen LogP contribution in [0.4, 0.5) is 5.69 Å². The van der Waals surface area contributed by atoms with Crippen LogP contribution in [0.1, 0.15) is 24.8 Å². The number of para-hydroxylation sites is 1. The molecule has 4 nitrogen and oxygen atoms in total. The summed E-state index contributed by atoms with van der Waals surface area (Å²) in [6.07, 6.45) is 3.79. The quantitative estimate of drug-likeness (QED) is 0.393. The lowest BCUT2D eigenvalue weighted by molar-refractivity contribution is -0.548. The highest BCUT2D eigenvalue weighted by Gasteiger charge is 2.16. The molecule has 0 spiro atoms. The van der Waals surface area contributed by atoms with Gasteiger partial charge >= 0.3 is 0 Å².